The van der Waals surface area contributed by atoms with Crippen LogP contribution in [0.5, 0.6) is 0 Å². The molecule has 0 radical (unpaired) electrons. The summed E-state index contributed by atoms with van der Waals surface area (Å²) in [7, 11) is -2.69. The van der Waals surface area contributed by atoms with Gasteiger partial charge in [0.05, 0.1) is 11.3 Å². The molecule has 0 bridgehead atoms. The van der Waals surface area contributed by atoms with Gasteiger partial charge < -0.3 is 4.90 Å². The van der Waals surface area contributed by atoms with Crippen LogP contribution in [0.2, 0.25) is 0 Å². The van der Waals surface area contributed by atoms with Crippen molar-refractivity contribution >= 4 is 21.6 Å². The minimum atomic E-state index is -4.36. The van der Waals surface area contributed by atoms with E-state index in [0.717, 1.165) is 29.2 Å². The second kappa shape index (κ2) is 7.95. The summed E-state index contributed by atoms with van der Waals surface area (Å²) < 4.78 is 76.3. The Hall–Kier alpha value is -2.62. The summed E-state index contributed by atoms with van der Waals surface area (Å²) in [5.74, 6) is -1.20. The van der Waals surface area contributed by atoms with Crippen LogP contribution in [0.3, 0.4) is 0 Å². The van der Waals surface area contributed by atoms with Crippen LogP contribution in [-0.4, -0.2) is 39.0 Å². The van der Waals surface area contributed by atoms with Crippen LogP contribution in [0.15, 0.2) is 53.4 Å². The Morgan fingerprint density at radius 3 is 2.11 bits per heavy atom. The van der Waals surface area contributed by atoms with Gasteiger partial charge in [0.1, 0.15) is 5.82 Å². The maximum Gasteiger partial charge on any atom is 0.390 e. The van der Waals surface area contributed by atoms with Gasteiger partial charge in [0.2, 0.25) is 0 Å². The van der Waals surface area contributed by atoms with E-state index in [1.807, 2.05) is 0 Å². The van der Waals surface area contributed by atoms with Crippen molar-refractivity contribution in [1.82, 2.24) is 4.90 Å². The average molecular weight is 404 g/mol. The lowest BCUT2D eigenvalue weighted by atomic mass is 10.2. The number of anilines is 1. The van der Waals surface area contributed by atoms with Gasteiger partial charge in [-0.2, -0.15) is 13.2 Å². The van der Waals surface area contributed by atoms with Crippen molar-refractivity contribution < 1.29 is 30.8 Å². The molecule has 146 valence electrons. The molecule has 0 aliphatic carbocycles. The number of rotatable bonds is 6. The minimum Gasteiger partial charge on any atom is -0.341 e. The van der Waals surface area contributed by atoms with Crippen LogP contribution < -0.4 is 4.72 Å². The molecule has 10 heteroatoms. The van der Waals surface area contributed by atoms with Gasteiger partial charge in [0.15, 0.2) is 0 Å². The molecule has 0 unspecified atom stereocenters. The van der Waals surface area contributed by atoms with E-state index in [9.17, 15) is 30.8 Å². The maximum atomic E-state index is 12.9. The highest BCUT2D eigenvalue weighted by atomic mass is 32.2. The standard InChI is InChI=1S/C17H16F4N2O3S/c1-23(11-10-17(19,20)21)16(24)12-2-6-14(7-3-12)22-27(25,26)15-8-4-13(18)5-9-15/h2-9,22H,10-11H2,1H3. The first-order valence-electron chi connectivity index (χ1n) is 7.68. The Labute approximate surface area is 153 Å². The van der Waals surface area contributed by atoms with Gasteiger partial charge in [-0.25, -0.2) is 12.8 Å². The number of halogens is 4. The Morgan fingerprint density at radius 1 is 1.04 bits per heavy atom. The van der Waals surface area contributed by atoms with Crippen molar-refractivity contribution in [3.8, 4) is 0 Å². The molecule has 0 fully saturated rings. The summed E-state index contributed by atoms with van der Waals surface area (Å²) in [6, 6.07) is 9.44. The average Bonchev–Trinajstić information content (AvgIpc) is 2.59. The molecule has 2 aromatic rings. The summed E-state index contributed by atoms with van der Waals surface area (Å²) in [5, 5.41) is 0. The highest BCUT2D eigenvalue weighted by Crippen LogP contribution is 2.21. The zero-order chi connectivity index (χ0) is 20.2. The molecule has 0 aliphatic heterocycles. The number of benzene rings is 2. The molecular weight excluding hydrogens is 388 g/mol. The first-order chi connectivity index (χ1) is 12.5. The molecule has 2 rings (SSSR count). The van der Waals surface area contributed by atoms with E-state index < -0.39 is 40.9 Å². The third kappa shape index (κ3) is 5.95. The first kappa shape index (κ1) is 20.7. The lowest BCUT2D eigenvalue weighted by molar-refractivity contribution is -0.136. The van der Waals surface area contributed by atoms with Crippen molar-refractivity contribution in [3.05, 3.63) is 59.9 Å². The Morgan fingerprint density at radius 2 is 1.59 bits per heavy atom. The summed E-state index contributed by atoms with van der Waals surface area (Å²) in [6.07, 6.45) is -5.48. The highest BCUT2D eigenvalue weighted by molar-refractivity contribution is 7.92. The number of amides is 1. The molecule has 1 amide bonds. The van der Waals surface area contributed by atoms with E-state index in [2.05, 4.69) is 4.72 Å². The number of carbonyl (C=O) groups is 1. The topological polar surface area (TPSA) is 66.5 Å². The van der Waals surface area contributed by atoms with E-state index in [1.54, 1.807) is 0 Å². The molecule has 0 saturated carbocycles. The largest absolute Gasteiger partial charge is 0.390 e. The predicted octanol–water partition coefficient (Wildman–Crippen LogP) is 3.65. The zero-order valence-corrected chi connectivity index (χ0v) is 14.9. The van der Waals surface area contributed by atoms with Crippen molar-refractivity contribution in [2.24, 2.45) is 0 Å². The SMILES string of the molecule is CN(CCC(F)(F)F)C(=O)c1ccc(NS(=O)(=O)c2ccc(F)cc2)cc1. The summed E-state index contributed by atoms with van der Waals surface area (Å²) in [5.41, 5.74) is 0.262. The third-order valence-electron chi connectivity index (χ3n) is 3.59. The number of nitrogens with zero attached hydrogens (tertiary/aromatic N) is 1. The Kier molecular flexibility index (Phi) is 6.09. The van der Waals surface area contributed by atoms with Gasteiger partial charge in [-0.3, -0.25) is 9.52 Å². The molecule has 0 aliphatic rings. The molecule has 0 heterocycles. The molecule has 0 spiro atoms. The molecule has 1 N–H and O–H groups in total. The van der Waals surface area contributed by atoms with Crippen molar-refractivity contribution in [1.29, 1.82) is 0 Å². The fourth-order valence-electron chi connectivity index (χ4n) is 2.13. The molecule has 2 aromatic carbocycles. The molecule has 27 heavy (non-hydrogen) atoms. The molecule has 0 atom stereocenters. The number of sulfonamides is 1. The smallest absolute Gasteiger partial charge is 0.341 e. The van der Waals surface area contributed by atoms with E-state index in [1.165, 1.54) is 31.3 Å². The van der Waals surface area contributed by atoms with Gasteiger partial charge in [-0.15, -0.1) is 0 Å². The lowest BCUT2D eigenvalue weighted by Gasteiger charge is -2.18. The van der Waals surface area contributed by atoms with Crippen LogP contribution in [0.1, 0.15) is 16.8 Å². The number of nitrogens with one attached hydrogen (secondary N) is 1. The van der Waals surface area contributed by atoms with E-state index in [-0.39, 0.29) is 16.1 Å². The van der Waals surface area contributed by atoms with Gasteiger partial charge in [0.25, 0.3) is 15.9 Å². The second-order valence-corrected chi connectivity index (χ2v) is 7.41. The third-order valence-corrected chi connectivity index (χ3v) is 4.98. The molecule has 0 aromatic heterocycles. The lowest BCUT2D eigenvalue weighted by Crippen LogP contribution is -2.30. The normalized spacial score (nSPS) is 11.9. The molecular formula is C17H16F4N2O3S. The first-order valence-corrected chi connectivity index (χ1v) is 9.17. The summed E-state index contributed by atoms with van der Waals surface area (Å²) in [6.45, 7) is -0.485. The fraction of sp³-hybridized carbons (Fsp3) is 0.235. The Balaban J connectivity index is 2.06. The number of hydrogen-bond acceptors (Lipinski definition) is 3. The quantitative estimate of drug-likeness (QED) is 0.748. The predicted molar refractivity (Wildman–Crippen MR) is 91.3 cm³/mol. The van der Waals surface area contributed by atoms with Crippen LogP contribution in [0, 0.1) is 5.82 Å². The summed E-state index contributed by atoms with van der Waals surface area (Å²) >= 11 is 0. The van der Waals surface area contributed by atoms with E-state index in [0.29, 0.717) is 0 Å². The van der Waals surface area contributed by atoms with Gasteiger partial charge in [0, 0.05) is 24.8 Å². The number of carbonyl (C=O) groups excluding carboxylic acids is 1. The summed E-state index contributed by atoms with van der Waals surface area (Å²) in [4.78, 5) is 12.9. The number of alkyl halides is 3. The van der Waals surface area contributed by atoms with E-state index in [4.69, 9.17) is 0 Å². The second-order valence-electron chi connectivity index (χ2n) is 5.73. The van der Waals surface area contributed by atoms with Crippen LogP contribution >= 0.6 is 0 Å². The fourth-order valence-corrected chi connectivity index (χ4v) is 3.18. The van der Waals surface area contributed by atoms with Crippen LogP contribution in [0.25, 0.3) is 0 Å². The Bertz CT molecular complexity index is 895. The molecule has 5 nitrogen and oxygen atoms in total. The van der Waals surface area contributed by atoms with E-state index >= 15 is 0 Å². The number of hydrogen-bond donors (Lipinski definition) is 1. The van der Waals surface area contributed by atoms with Crippen LogP contribution in [-0.2, 0) is 10.0 Å². The van der Waals surface area contributed by atoms with Gasteiger partial charge in [-0.05, 0) is 48.5 Å². The molecule has 0 saturated heterocycles. The van der Waals surface area contributed by atoms with Crippen molar-refractivity contribution in [2.75, 3.05) is 18.3 Å². The minimum absolute atomic E-state index is 0.115. The van der Waals surface area contributed by atoms with Gasteiger partial charge in [-0.1, -0.05) is 0 Å². The van der Waals surface area contributed by atoms with Gasteiger partial charge >= 0.3 is 6.18 Å². The monoisotopic (exact) mass is 404 g/mol. The maximum absolute atomic E-state index is 12.9. The van der Waals surface area contributed by atoms with Crippen molar-refractivity contribution in [2.45, 2.75) is 17.5 Å². The highest BCUT2D eigenvalue weighted by Gasteiger charge is 2.28. The zero-order valence-electron chi connectivity index (χ0n) is 14.1. The van der Waals surface area contributed by atoms with Crippen molar-refractivity contribution in [3.63, 3.8) is 0 Å². The van der Waals surface area contributed by atoms with Crippen LogP contribution in [0.4, 0.5) is 23.2 Å².